The number of unbranched alkanes of at least 4 members (excludes halogenated alkanes) is 3. The first-order chi connectivity index (χ1) is 15.0. The quantitative estimate of drug-likeness (QED) is 0.171. The standard InChI is InChI=1S/C22H38NO7PS.H2O/c1-5-6-7-13-27-19-11-10-12-20(16-19)28-14-8-9-15-29-31(26,32)30-21(17-22(24)25)18-23(2,3)4;/h10-12,16,21H,5-9,13-15,17-18H2,1-4H3,(H-,24,25,26,32);1H2/t21-,31?;/m1./s1. The van der Waals surface area contributed by atoms with Crippen molar-refractivity contribution < 1.29 is 43.3 Å². The van der Waals surface area contributed by atoms with Gasteiger partial charge in [-0.05, 0) is 43.2 Å². The Morgan fingerprint density at radius 3 is 2.12 bits per heavy atom. The monoisotopic (exact) mass is 509 g/mol. The molecule has 3 N–H and O–H groups in total. The van der Waals surface area contributed by atoms with E-state index in [-0.39, 0.29) is 18.5 Å². The van der Waals surface area contributed by atoms with E-state index >= 15 is 0 Å². The maximum atomic E-state index is 11.1. The molecule has 0 spiro atoms. The van der Waals surface area contributed by atoms with Crippen LogP contribution >= 0.6 is 6.72 Å². The molecular formula is C22H40NO8PS. The predicted octanol–water partition coefficient (Wildman–Crippen LogP) is 4.04. The molecule has 1 aromatic rings. The second-order valence-corrected chi connectivity index (χ2v) is 11.5. The molecule has 33 heavy (non-hydrogen) atoms. The molecule has 0 aliphatic carbocycles. The zero-order chi connectivity index (χ0) is 24.0. The molecule has 0 aliphatic heterocycles. The Labute approximate surface area is 202 Å². The number of ether oxygens (including phenoxy) is 2. The van der Waals surface area contributed by atoms with Crippen molar-refractivity contribution in [2.75, 3.05) is 47.5 Å². The molecule has 0 radical (unpaired) electrons. The number of quaternary nitrogens is 1. The normalized spacial score (nSPS) is 14.1. The van der Waals surface area contributed by atoms with Crippen molar-refractivity contribution in [3.8, 4) is 11.5 Å². The summed E-state index contributed by atoms with van der Waals surface area (Å²) in [6.45, 7) is 0.432. The number of aliphatic carboxylic acids is 1. The minimum absolute atomic E-state index is 0. The van der Waals surface area contributed by atoms with Crippen molar-refractivity contribution in [1.29, 1.82) is 0 Å². The number of nitrogens with zero attached hydrogens (tertiary/aromatic N) is 1. The molecule has 1 unspecified atom stereocenters. The number of likely N-dealkylation sites (N-methyl/N-ethyl adjacent to an activating group) is 1. The lowest BCUT2D eigenvalue weighted by Gasteiger charge is -2.30. The summed E-state index contributed by atoms with van der Waals surface area (Å²) in [6.07, 6.45) is 3.71. The van der Waals surface area contributed by atoms with Gasteiger partial charge in [0.05, 0.1) is 47.4 Å². The van der Waals surface area contributed by atoms with E-state index in [0.29, 0.717) is 37.1 Å². The van der Waals surface area contributed by atoms with E-state index in [9.17, 15) is 9.69 Å². The summed E-state index contributed by atoms with van der Waals surface area (Å²) in [5.74, 6) is 0.530. The molecule has 192 valence electrons. The van der Waals surface area contributed by atoms with Crippen LogP contribution in [0.25, 0.3) is 0 Å². The van der Waals surface area contributed by atoms with Gasteiger partial charge in [0.2, 0.25) is 0 Å². The predicted molar refractivity (Wildman–Crippen MR) is 131 cm³/mol. The van der Waals surface area contributed by atoms with Gasteiger partial charge in [-0.2, -0.15) is 0 Å². The summed E-state index contributed by atoms with van der Waals surface area (Å²) >= 11 is 5.06. The molecule has 0 saturated carbocycles. The van der Waals surface area contributed by atoms with Crippen molar-refractivity contribution in [1.82, 2.24) is 0 Å². The van der Waals surface area contributed by atoms with E-state index in [2.05, 4.69) is 6.92 Å². The van der Waals surface area contributed by atoms with E-state index in [1.807, 2.05) is 45.4 Å². The van der Waals surface area contributed by atoms with Gasteiger partial charge in [-0.25, -0.2) is 0 Å². The summed E-state index contributed by atoms with van der Waals surface area (Å²) in [5, 5.41) is 9.07. The first-order valence-corrected chi connectivity index (χ1v) is 13.6. The van der Waals surface area contributed by atoms with Crippen LogP contribution in [0, 0.1) is 0 Å². The Kier molecular flexibility index (Phi) is 15.8. The third kappa shape index (κ3) is 16.9. The Bertz CT molecular complexity index is 729. The average Bonchev–Trinajstić information content (AvgIpc) is 2.66. The van der Waals surface area contributed by atoms with Gasteiger partial charge in [0.1, 0.15) is 24.1 Å². The van der Waals surface area contributed by atoms with Crippen LogP contribution in [0.3, 0.4) is 0 Å². The van der Waals surface area contributed by atoms with Crippen LogP contribution in [0.4, 0.5) is 0 Å². The van der Waals surface area contributed by atoms with Gasteiger partial charge in [-0.3, -0.25) is 9.32 Å². The van der Waals surface area contributed by atoms with Crippen LogP contribution in [0.2, 0.25) is 0 Å². The zero-order valence-corrected chi connectivity index (χ0v) is 21.9. The van der Waals surface area contributed by atoms with E-state index < -0.39 is 18.8 Å². The fraction of sp³-hybridized carbons (Fsp3) is 0.682. The van der Waals surface area contributed by atoms with Crippen LogP contribution in [-0.4, -0.2) is 79.5 Å². The third-order valence-electron chi connectivity index (χ3n) is 4.32. The summed E-state index contributed by atoms with van der Waals surface area (Å²) in [4.78, 5) is 21.4. The fourth-order valence-corrected chi connectivity index (χ4v) is 4.46. The second-order valence-electron chi connectivity index (χ2n) is 8.69. The molecule has 1 rings (SSSR count). The van der Waals surface area contributed by atoms with E-state index in [1.165, 1.54) is 0 Å². The molecule has 9 nitrogen and oxygen atoms in total. The van der Waals surface area contributed by atoms with Crippen molar-refractivity contribution in [3.05, 3.63) is 24.3 Å². The topological polar surface area (TPSA) is 124 Å². The highest BCUT2D eigenvalue weighted by Crippen LogP contribution is 2.45. The van der Waals surface area contributed by atoms with Gasteiger partial charge in [0, 0.05) is 6.07 Å². The third-order valence-corrected chi connectivity index (χ3v) is 5.97. The SMILES string of the molecule is CCCCCOc1cccc(OCCCCOP(O)(=S)O[C@H](CC(=O)O)C[N+](C)(C)C)c1.[OH-]. The number of rotatable bonds is 18. The van der Waals surface area contributed by atoms with Gasteiger partial charge in [-0.15, -0.1) is 0 Å². The highest BCUT2D eigenvalue weighted by molar-refractivity contribution is 8.07. The number of hydrogen-bond donors (Lipinski definition) is 2. The number of benzene rings is 1. The van der Waals surface area contributed by atoms with Crippen LogP contribution in [0.15, 0.2) is 24.3 Å². The van der Waals surface area contributed by atoms with Crippen molar-refractivity contribution in [3.63, 3.8) is 0 Å². The number of carboxylic acid groups (broad SMARTS) is 1. The highest BCUT2D eigenvalue weighted by Gasteiger charge is 2.28. The van der Waals surface area contributed by atoms with Crippen LogP contribution in [-0.2, 0) is 25.6 Å². The van der Waals surface area contributed by atoms with E-state index in [0.717, 1.165) is 30.8 Å². The Balaban J connectivity index is 0.0000102. The zero-order valence-electron chi connectivity index (χ0n) is 20.1. The second kappa shape index (κ2) is 16.4. The molecule has 0 bridgehead atoms. The van der Waals surface area contributed by atoms with E-state index in [1.54, 1.807) is 0 Å². The maximum Gasteiger partial charge on any atom is 0.325 e. The Morgan fingerprint density at radius 2 is 1.61 bits per heavy atom. The number of hydrogen-bond acceptors (Lipinski definition) is 7. The van der Waals surface area contributed by atoms with Gasteiger partial charge >= 0.3 is 12.7 Å². The lowest BCUT2D eigenvalue weighted by molar-refractivity contribution is -0.873. The Morgan fingerprint density at radius 1 is 1.06 bits per heavy atom. The summed E-state index contributed by atoms with van der Waals surface area (Å²) in [7, 11) is 5.73. The van der Waals surface area contributed by atoms with Gasteiger partial charge in [-0.1, -0.05) is 25.8 Å². The summed E-state index contributed by atoms with van der Waals surface area (Å²) in [6, 6.07) is 7.57. The average molecular weight is 510 g/mol. The van der Waals surface area contributed by atoms with E-state index in [4.69, 9.17) is 35.4 Å². The van der Waals surface area contributed by atoms with Crippen LogP contribution < -0.4 is 9.47 Å². The largest absolute Gasteiger partial charge is 0.870 e. The molecule has 0 heterocycles. The lowest BCUT2D eigenvalue weighted by atomic mass is 10.2. The molecule has 0 fully saturated rings. The highest BCUT2D eigenvalue weighted by atomic mass is 32.5. The van der Waals surface area contributed by atoms with Crippen LogP contribution in [0.5, 0.6) is 11.5 Å². The first-order valence-electron chi connectivity index (χ1n) is 11.0. The Hall–Kier alpha value is -1.26. The van der Waals surface area contributed by atoms with Crippen LogP contribution in [0.1, 0.15) is 45.4 Å². The van der Waals surface area contributed by atoms with Crippen molar-refractivity contribution >= 4 is 24.5 Å². The number of carbonyl (C=O) groups is 1. The molecule has 0 saturated heterocycles. The molecule has 1 aromatic carbocycles. The minimum atomic E-state index is -3.52. The molecular weight excluding hydrogens is 469 g/mol. The fourth-order valence-electron chi connectivity index (χ4n) is 2.93. The molecule has 11 heteroatoms. The summed E-state index contributed by atoms with van der Waals surface area (Å²) < 4.78 is 22.8. The summed E-state index contributed by atoms with van der Waals surface area (Å²) in [5.41, 5.74) is 0. The van der Waals surface area contributed by atoms with Crippen molar-refractivity contribution in [2.24, 2.45) is 0 Å². The van der Waals surface area contributed by atoms with Crippen molar-refractivity contribution in [2.45, 2.75) is 51.6 Å². The minimum Gasteiger partial charge on any atom is -0.870 e. The number of carboxylic acids is 1. The molecule has 0 aliphatic rings. The van der Waals surface area contributed by atoms with Gasteiger partial charge in [0.25, 0.3) is 0 Å². The van der Waals surface area contributed by atoms with Gasteiger partial charge in [0.15, 0.2) is 0 Å². The first kappa shape index (κ1) is 31.7. The van der Waals surface area contributed by atoms with Gasteiger partial charge < -0.3 is 34.0 Å². The smallest absolute Gasteiger partial charge is 0.325 e. The molecule has 0 amide bonds. The molecule has 2 atom stereocenters. The molecule has 0 aromatic heterocycles. The lowest BCUT2D eigenvalue weighted by Crippen LogP contribution is -2.42. The maximum absolute atomic E-state index is 11.1.